The molecule has 0 fully saturated rings. The molecule has 0 saturated carbocycles. The Morgan fingerprint density at radius 1 is 1.15 bits per heavy atom. The summed E-state index contributed by atoms with van der Waals surface area (Å²) in [6.07, 6.45) is 0.109. The van der Waals surface area contributed by atoms with Gasteiger partial charge in [0.25, 0.3) is 5.69 Å². The van der Waals surface area contributed by atoms with Crippen molar-refractivity contribution in [2.24, 2.45) is 5.41 Å². The fraction of sp³-hybridized carbons (Fsp3) is 0.474. The van der Waals surface area contributed by atoms with Crippen molar-refractivity contribution in [3.8, 4) is 11.8 Å². The van der Waals surface area contributed by atoms with Gasteiger partial charge in [0.2, 0.25) is 0 Å². The van der Waals surface area contributed by atoms with Crippen LogP contribution in [0.2, 0.25) is 0 Å². The van der Waals surface area contributed by atoms with E-state index in [9.17, 15) is 24.8 Å². The van der Waals surface area contributed by atoms with Gasteiger partial charge < -0.3 is 14.6 Å². The van der Waals surface area contributed by atoms with Crippen LogP contribution in [0.25, 0.3) is 0 Å². The molecule has 1 aromatic rings. The Morgan fingerprint density at radius 3 is 2.26 bits per heavy atom. The summed E-state index contributed by atoms with van der Waals surface area (Å²) in [5, 5.41) is 20.7. The Bertz CT molecular complexity index is 749. The lowest BCUT2D eigenvalue weighted by molar-refractivity contribution is -0.384. The summed E-state index contributed by atoms with van der Waals surface area (Å²) in [4.78, 5) is 33.5. The summed E-state index contributed by atoms with van der Waals surface area (Å²) in [7, 11) is 0. The first kappa shape index (κ1) is 22.1. The van der Waals surface area contributed by atoms with E-state index in [0.29, 0.717) is 0 Å². The molecule has 1 N–H and O–H groups in total. The number of nitro benzene ring substituents is 1. The number of hydrogen-bond donors (Lipinski definition) is 1. The van der Waals surface area contributed by atoms with E-state index in [4.69, 9.17) is 9.47 Å². The fourth-order valence-electron chi connectivity index (χ4n) is 1.75. The molecule has 0 aliphatic rings. The van der Waals surface area contributed by atoms with Crippen LogP contribution >= 0.6 is 0 Å². The zero-order valence-electron chi connectivity index (χ0n) is 15.8. The summed E-state index contributed by atoms with van der Waals surface area (Å²) >= 11 is 0. The number of rotatable bonds is 6. The van der Waals surface area contributed by atoms with E-state index in [1.54, 1.807) is 20.8 Å². The van der Waals surface area contributed by atoms with Crippen LogP contribution in [-0.2, 0) is 14.3 Å². The molecule has 146 valence electrons. The lowest BCUT2D eigenvalue weighted by atomic mass is 9.97. The van der Waals surface area contributed by atoms with Gasteiger partial charge in [-0.15, -0.1) is 0 Å². The van der Waals surface area contributed by atoms with E-state index < -0.39 is 21.9 Å². The number of non-ortho nitro benzene ring substituents is 1. The summed E-state index contributed by atoms with van der Waals surface area (Å²) in [5.41, 5.74) is -2.00. The molecule has 1 unspecified atom stereocenters. The Hall–Kier alpha value is -2.92. The Morgan fingerprint density at radius 2 is 1.74 bits per heavy atom. The molecule has 0 amide bonds. The molecule has 0 aliphatic carbocycles. The molecule has 0 aliphatic heterocycles. The second-order valence-corrected chi connectivity index (χ2v) is 7.09. The SMILES string of the molecule is CC(O)(C#CCOC(=O)c1ccc([N+](=O)[O-])cc1)CCOC(=O)C(C)(C)C. The van der Waals surface area contributed by atoms with Crippen molar-refractivity contribution in [2.45, 2.75) is 39.7 Å². The van der Waals surface area contributed by atoms with Crippen molar-refractivity contribution in [3.63, 3.8) is 0 Å². The monoisotopic (exact) mass is 377 g/mol. The summed E-state index contributed by atoms with van der Waals surface area (Å²) < 4.78 is 10.0. The first-order valence-electron chi connectivity index (χ1n) is 8.23. The van der Waals surface area contributed by atoms with Crippen LogP contribution in [-0.4, -0.2) is 40.8 Å². The molecule has 8 nitrogen and oxygen atoms in total. The van der Waals surface area contributed by atoms with Gasteiger partial charge in [-0.2, -0.15) is 0 Å². The number of carbonyl (C=O) groups is 2. The van der Waals surface area contributed by atoms with Crippen molar-refractivity contribution < 1.29 is 29.1 Å². The zero-order chi connectivity index (χ0) is 20.7. The summed E-state index contributed by atoms with van der Waals surface area (Å²) in [6, 6.07) is 4.97. The molecule has 1 aromatic carbocycles. The van der Waals surface area contributed by atoms with Crippen LogP contribution in [0.3, 0.4) is 0 Å². The highest BCUT2D eigenvalue weighted by molar-refractivity contribution is 5.89. The van der Waals surface area contributed by atoms with Crippen LogP contribution in [0.15, 0.2) is 24.3 Å². The van der Waals surface area contributed by atoms with Crippen molar-refractivity contribution in [1.82, 2.24) is 0 Å². The van der Waals surface area contributed by atoms with Crippen molar-refractivity contribution in [3.05, 3.63) is 39.9 Å². The molecular weight excluding hydrogens is 354 g/mol. The van der Waals surface area contributed by atoms with E-state index in [2.05, 4.69) is 11.8 Å². The fourth-order valence-corrected chi connectivity index (χ4v) is 1.75. The predicted molar refractivity (Wildman–Crippen MR) is 96.8 cm³/mol. The number of benzene rings is 1. The standard InChI is InChI=1S/C19H23NO7/c1-18(2,3)17(22)27-13-11-19(4,23)10-5-12-26-16(21)14-6-8-15(9-7-14)20(24)25/h6-9,23H,11-13H2,1-4H3. The van der Waals surface area contributed by atoms with E-state index in [1.807, 2.05) is 0 Å². The van der Waals surface area contributed by atoms with E-state index in [-0.39, 0.29) is 36.9 Å². The quantitative estimate of drug-likeness (QED) is 0.350. The third-order valence-electron chi connectivity index (χ3n) is 3.38. The minimum atomic E-state index is -1.40. The summed E-state index contributed by atoms with van der Waals surface area (Å²) in [5.74, 6) is 4.03. The van der Waals surface area contributed by atoms with Gasteiger partial charge in [0.1, 0.15) is 5.60 Å². The maximum absolute atomic E-state index is 11.8. The number of ether oxygens (including phenoxy) is 2. The number of carbonyl (C=O) groups excluding carboxylic acids is 2. The zero-order valence-corrected chi connectivity index (χ0v) is 15.8. The Kier molecular flexibility index (Phi) is 7.49. The van der Waals surface area contributed by atoms with E-state index >= 15 is 0 Å². The molecule has 27 heavy (non-hydrogen) atoms. The van der Waals surface area contributed by atoms with Crippen LogP contribution in [0.1, 0.15) is 44.5 Å². The van der Waals surface area contributed by atoms with Gasteiger partial charge in [-0.05, 0) is 39.8 Å². The second kappa shape index (κ2) is 9.14. The molecule has 0 bridgehead atoms. The predicted octanol–water partition coefficient (Wildman–Crippen LogP) is 2.49. The van der Waals surface area contributed by atoms with Gasteiger partial charge in [0, 0.05) is 18.6 Å². The van der Waals surface area contributed by atoms with Gasteiger partial charge in [-0.1, -0.05) is 11.8 Å². The number of aliphatic hydroxyl groups is 1. The maximum atomic E-state index is 11.8. The Balaban J connectivity index is 2.46. The normalized spacial score (nSPS) is 12.9. The highest BCUT2D eigenvalue weighted by atomic mass is 16.6. The van der Waals surface area contributed by atoms with E-state index in [1.165, 1.54) is 31.2 Å². The van der Waals surface area contributed by atoms with Gasteiger partial charge in [-0.3, -0.25) is 14.9 Å². The van der Waals surface area contributed by atoms with Crippen LogP contribution in [0.5, 0.6) is 0 Å². The third-order valence-corrected chi connectivity index (χ3v) is 3.38. The van der Waals surface area contributed by atoms with Crippen molar-refractivity contribution in [2.75, 3.05) is 13.2 Å². The van der Waals surface area contributed by atoms with Gasteiger partial charge in [-0.25, -0.2) is 4.79 Å². The first-order chi connectivity index (χ1) is 12.4. The number of nitrogens with zero attached hydrogens (tertiary/aromatic N) is 1. The average Bonchev–Trinajstić information content (AvgIpc) is 2.57. The minimum Gasteiger partial charge on any atom is -0.465 e. The van der Waals surface area contributed by atoms with Crippen molar-refractivity contribution in [1.29, 1.82) is 0 Å². The molecule has 0 spiro atoms. The molecular formula is C19H23NO7. The van der Waals surface area contributed by atoms with Crippen LogP contribution in [0.4, 0.5) is 5.69 Å². The maximum Gasteiger partial charge on any atom is 0.339 e. The van der Waals surface area contributed by atoms with Gasteiger partial charge in [0.15, 0.2) is 6.61 Å². The lowest BCUT2D eigenvalue weighted by Gasteiger charge is -2.20. The van der Waals surface area contributed by atoms with Crippen LogP contribution in [0, 0.1) is 27.4 Å². The highest BCUT2D eigenvalue weighted by Gasteiger charge is 2.24. The third kappa shape index (κ3) is 7.88. The highest BCUT2D eigenvalue weighted by Crippen LogP contribution is 2.16. The molecule has 8 heteroatoms. The molecule has 1 atom stereocenters. The van der Waals surface area contributed by atoms with Gasteiger partial charge in [0.05, 0.1) is 22.5 Å². The summed E-state index contributed by atoms with van der Waals surface area (Å²) in [6.45, 7) is 6.41. The minimum absolute atomic E-state index is 0.0143. The molecule has 0 heterocycles. The molecule has 0 saturated heterocycles. The first-order valence-corrected chi connectivity index (χ1v) is 8.23. The number of nitro groups is 1. The smallest absolute Gasteiger partial charge is 0.339 e. The van der Waals surface area contributed by atoms with Gasteiger partial charge >= 0.3 is 11.9 Å². The molecule has 1 rings (SSSR count). The Labute approximate surface area is 157 Å². The molecule has 0 radical (unpaired) electrons. The second-order valence-electron chi connectivity index (χ2n) is 7.09. The van der Waals surface area contributed by atoms with Crippen LogP contribution < -0.4 is 0 Å². The number of hydrogen-bond acceptors (Lipinski definition) is 7. The van der Waals surface area contributed by atoms with Crippen molar-refractivity contribution >= 4 is 17.6 Å². The topological polar surface area (TPSA) is 116 Å². The largest absolute Gasteiger partial charge is 0.465 e. The average molecular weight is 377 g/mol. The van der Waals surface area contributed by atoms with E-state index in [0.717, 1.165) is 0 Å². The lowest BCUT2D eigenvalue weighted by Crippen LogP contribution is -2.28. The molecule has 0 aromatic heterocycles. The number of esters is 2.